The van der Waals surface area contributed by atoms with Crippen molar-refractivity contribution < 1.29 is 9.47 Å². The van der Waals surface area contributed by atoms with Crippen LogP contribution in [-0.4, -0.2) is 35.6 Å². The number of aromatic nitrogens is 2. The maximum atomic E-state index is 5.62. The third-order valence-corrected chi connectivity index (χ3v) is 2.68. The van der Waals surface area contributed by atoms with Crippen molar-refractivity contribution in [2.24, 2.45) is 5.73 Å². The van der Waals surface area contributed by atoms with Gasteiger partial charge < -0.3 is 15.2 Å². The van der Waals surface area contributed by atoms with Gasteiger partial charge in [0.15, 0.2) is 5.75 Å². The van der Waals surface area contributed by atoms with Crippen LogP contribution in [0.2, 0.25) is 0 Å². The summed E-state index contributed by atoms with van der Waals surface area (Å²) in [5, 5.41) is 4.14. The topological polar surface area (TPSA) is 62.3 Å². The Morgan fingerprint density at radius 3 is 3.25 bits per heavy atom. The van der Waals surface area contributed by atoms with Gasteiger partial charge in [0.1, 0.15) is 6.61 Å². The normalized spacial score (nSPS) is 20.9. The molecule has 1 aliphatic rings. The molecular formula is C11H19N3O2. The first-order chi connectivity index (χ1) is 7.88. The minimum Gasteiger partial charge on any atom is -0.488 e. The zero-order valence-electron chi connectivity index (χ0n) is 9.47. The molecule has 2 rings (SSSR count). The van der Waals surface area contributed by atoms with Crippen LogP contribution in [0.5, 0.6) is 5.75 Å². The van der Waals surface area contributed by atoms with E-state index in [2.05, 4.69) is 5.10 Å². The first-order valence-electron chi connectivity index (χ1n) is 5.85. The van der Waals surface area contributed by atoms with Gasteiger partial charge in [0.25, 0.3) is 0 Å². The third-order valence-electron chi connectivity index (χ3n) is 2.68. The maximum absolute atomic E-state index is 5.62. The van der Waals surface area contributed by atoms with Crippen LogP contribution < -0.4 is 10.5 Å². The molecule has 1 fully saturated rings. The zero-order valence-corrected chi connectivity index (χ0v) is 9.47. The average Bonchev–Trinajstić information content (AvgIpc) is 2.76. The molecule has 0 amide bonds. The van der Waals surface area contributed by atoms with E-state index in [1.807, 2.05) is 6.20 Å². The van der Waals surface area contributed by atoms with E-state index in [4.69, 9.17) is 15.2 Å². The molecule has 2 N–H and O–H groups in total. The summed E-state index contributed by atoms with van der Waals surface area (Å²) >= 11 is 0. The Morgan fingerprint density at radius 2 is 2.50 bits per heavy atom. The lowest BCUT2D eigenvalue weighted by Crippen LogP contribution is -2.25. The largest absolute Gasteiger partial charge is 0.488 e. The van der Waals surface area contributed by atoms with Crippen LogP contribution in [0.4, 0.5) is 0 Å². The van der Waals surface area contributed by atoms with Crippen LogP contribution in [-0.2, 0) is 11.3 Å². The number of hydrogen-bond donors (Lipinski definition) is 1. The van der Waals surface area contributed by atoms with Crippen molar-refractivity contribution in [1.29, 1.82) is 0 Å². The van der Waals surface area contributed by atoms with Crippen molar-refractivity contribution in [3.63, 3.8) is 0 Å². The highest BCUT2D eigenvalue weighted by molar-refractivity contribution is 5.11. The van der Waals surface area contributed by atoms with Gasteiger partial charge in [-0.3, -0.25) is 4.68 Å². The van der Waals surface area contributed by atoms with Crippen molar-refractivity contribution in [1.82, 2.24) is 9.78 Å². The maximum Gasteiger partial charge on any atom is 0.157 e. The van der Waals surface area contributed by atoms with Crippen LogP contribution in [0.3, 0.4) is 0 Å². The molecule has 1 atom stereocenters. The predicted molar refractivity (Wildman–Crippen MR) is 60.4 cm³/mol. The third kappa shape index (κ3) is 3.21. The van der Waals surface area contributed by atoms with Crippen molar-refractivity contribution in [3.8, 4) is 5.75 Å². The lowest BCUT2D eigenvalue weighted by molar-refractivity contribution is -0.0110. The fraction of sp³-hybridized carbons (Fsp3) is 0.727. The van der Waals surface area contributed by atoms with Gasteiger partial charge in [0.05, 0.1) is 25.0 Å². The molecule has 0 aliphatic carbocycles. The molecule has 16 heavy (non-hydrogen) atoms. The first kappa shape index (κ1) is 11.4. The molecule has 5 heteroatoms. The summed E-state index contributed by atoms with van der Waals surface area (Å²) in [6.45, 7) is 2.80. The van der Waals surface area contributed by atoms with Gasteiger partial charge in [-0.15, -0.1) is 0 Å². The van der Waals surface area contributed by atoms with Gasteiger partial charge in [-0.05, 0) is 19.3 Å². The lowest BCUT2D eigenvalue weighted by Gasteiger charge is -2.22. The fourth-order valence-corrected chi connectivity index (χ4v) is 1.80. The summed E-state index contributed by atoms with van der Waals surface area (Å²) in [7, 11) is 0. The monoisotopic (exact) mass is 225 g/mol. The lowest BCUT2D eigenvalue weighted by atomic mass is 10.1. The molecule has 1 saturated heterocycles. The van der Waals surface area contributed by atoms with Gasteiger partial charge in [-0.25, -0.2) is 0 Å². The Kier molecular flexibility index (Phi) is 4.18. The highest BCUT2D eigenvalue weighted by Crippen LogP contribution is 2.15. The van der Waals surface area contributed by atoms with E-state index >= 15 is 0 Å². The summed E-state index contributed by atoms with van der Waals surface area (Å²) in [4.78, 5) is 0. The molecule has 90 valence electrons. The van der Waals surface area contributed by atoms with E-state index in [-0.39, 0.29) is 6.10 Å². The highest BCUT2D eigenvalue weighted by Gasteiger charge is 2.14. The summed E-state index contributed by atoms with van der Waals surface area (Å²) in [6.07, 6.45) is 7.34. The summed E-state index contributed by atoms with van der Waals surface area (Å²) in [5.74, 6) is 0.794. The minimum atomic E-state index is 0.242. The Hall–Kier alpha value is -1.07. The van der Waals surface area contributed by atoms with Crippen molar-refractivity contribution in [2.75, 3.05) is 19.8 Å². The van der Waals surface area contributed by atoms with Crippen LogP contribution >= 0.6 is 0 Å². The van der Waals surface area contributed by atoms with Crippen LogP contribution in [0.15, 0.2) is 12.4 Å². The second kappa shape index (κ2) is 5.86. The molecule has 0 spiro atoms. The van der Waals surface area contributed by atoms with Crippen LogP contribution in [0, 0.1) is 0 Å². The second-order valence-electron chi connectivity index (χ2n) is 4.03. The van der Waals surface area contributed by atoms with Gasteiger partial charge in [-0.2, -0.15) is 5.10 Å². The predicted octanol–water partition coefficient (Wildman–Crippen LogP) is 0.790. The quantitative estimate of drug-likeness (QED) is 0.804. The van der Waals surface area contributed by atoms with E-state index in [9.17, 15) is 0 Å². The fourth-order valence-electron chi connectivity index (χ4n) is 1.80. The second-order valence-corrected chi connectivity index (χ2v) is 4.03. The SMILES string of the molecule is NCCn1cc(OCC2CCCCO2)cn1. The molecule has 0 aromatic carbocycles. The van der Waals surface area contributed by atoms with Crippen molar-refractivity contribution >= 4 is 0 Å². The Labute approximate surface area is 95.5 Å². The Balaban J connectivity index is 1.75. The molecule has 1 aliphatic heterocycles. The summed E-state index contributed by atoms with van der Waals surface area (Å²) < 4.78 is 13.0. The molecule has 5 nitrogen and oxygen atoms in total. The Bertz CT molecular complexity index is 308. The summed E-state index contributed by atoms with van der Waals surface area (Å²) in [5.41, 5.74) is 5.44. The average molecular weight is 225 g/mol. The standard InChI is InChI=1S/C11H19N3O2/c12-4-5-14-8-11(7-13-14)16-9-10-3-1-2-6-15-10/h7-8,10H,1-6,9,12H2. The molecule has 0 saturated carbocycles. The van der Waals surface area contributed by atoms with Crippen molar-refractivity contribution in [3.05, 3.63) is 12.4 Å². The number of rotatable bonds is 5. The van der Waals surface area contributed by atoms with E-state index in [0.717, 1.165) is 25.3 Å². The van der Waals surface area contributed by atoms with E-state index < -0.39 is 0 Å². The molecule has 0 radical (unpaired) electrons. The van der Waals surface area contributed by atoms with E-state index in [1.54, 1.807) is 10.9 Å². The number of nitrogens with zero attached hydrogens (tertiary/aromatic N) is 2. The zero-order chi connectivity index (χ0) is 11.2. The van der Waals surface area contributed by atoms with Gasteiger partial charge in [-0.1, -0.05) is 0 Å². The molecular weight excluding hydrogens is 206 g/mol. The van der Waals surface area contributed by atoms with Gasteiger partial charge >= 0.3 is 0 Å². The number of ether oxygens (including phenoxy) is 2. The first-order valence-corrected chi connectivity index (χ1v) is 5.85. The van der Waals surface area contributed by atoms with E-state index in [1.165, 1.54) is 12.8 Å². The molecule has 0 bridgehead atoms. The minimum absolute atomic E-state index is 0.242. The molecule has 1 aromatic rings. The van der Waals surface area contributed by atoms with Crippen LogP contribution in [0.1, 0.15) is 19.3 Å². The molecule has 2 heterocycles. The Morgan fingerprint density at radius 1 is 1.56 bits per heavy atom. The molecule has 1 aromatic heterocycles. The molecule has 1 unspecified atom stereocenters. The van der Waals surface area contributed by atoms with Crippen LogP contribution in [0.25, 0.3) is 0 Å². The van der Waals surface area contributed by atoms with Gasteiger partial charge in [0, 0.05) is 13.2 Å². The van der Waals surface area contributed by atoms with Gasteiger partial charge in [0.2, 0.25) is 0 Å². The smallest absolute Gasteiger partial charge is 0.157 e. The van der Waals surface area contributed by atoms with E-state index in [0.29, 0.717) is 13.2 Å². The highest BCUT2D eigenvalue weighted by atomic mass is 16.5. The van der Waals surface area contributed by atoms with Crippen molar-refractivity contribution in [2.45, 2.75) is 31.9 Å². The number of hydrogen-bond acceptors (Lipinski definition) is 4. The number of nitrogens with two attached hydrogens (primary N) is 1. The summed E-state index contributed by atoms with van der Waals surface area (Å²) in [6, 6.07) is 0.